The average molecular weight is 501 g/mol. The lowest BCUT2D eigenvalue weighted by Crippen LogP contribution is -2.37. The zero-order chi connectivity index (χ0) is 19.6. The number of benzene rings is 2. The molecule has 0 unspecified atom stereocenters. The van der Waals surface area contributed by atoms with Crippen LogP contribution in [0.3, 0.4) is 0 Å². The fourth-order valence-electron chi connectivity index (χ4n) is 3.00. The minimum atomic E-state index is 0. The first-order valence-electron chi connectivity index (χ1n) is 9.56. The fourth-order valence-corrected chi connectivity index (χ4v) is 3.00. The van der Waals surface area contributed by atoms with Crippen LogP contribution in [0.5, 0.6) is 0 Å². The largest absolute Gasteiger partial charge is 0.357 e. The van der Waals surface area contributed by atoms with E-state index < -0.39 is 0 Å². The van der Waals surface area contributed by atoms with Gasteiger partial charge in [0.2, 0.25) is 0 Å². The molecule has 3 rings (SSSR count). The summed E-state index contributed by atoms with van der Waals surface area (Å²) in [4.78, 5) is 8.81. The van der Waals surface area contributed by atoms with Crippen LogP contribution in [-0.2, 0) is 13.1 Å². The number of aliphatic imine (C=N–C) groups is 1. The van der Waals surface area contributed by atoms with Crippen molar-refractivity contribution in [3.8, 4) is 11.1 Å². The Morgan fingerprint density at radius 2 is 1.93 bits per heavy atom. The zero-order valence-electron chi connectivity index (χ0n) is 16.7. The molecule has 2 aromatic carbocycles. The minimum Gasteiger partial charge on any atom is -0.357 e. The fraction of sp³-hybridized carbons (Fsp3) is 0.217. The molecule has 0 aliphatic rings. The van der Waals surface area contributed by atoms with E-state index in [1.54, 1.807) is 6.20 Å². The van der Waals surface area contributed by atoms with Crippen LogP contribution in [0.25, 0.3) is 11.1 Å². The first-order chi connectivity index (χ1) is 13.8. The molecule has 0 spiro atoms. The Balaban J connectivity index is 0.00000300. The summed E-state index contributed by atoms with van der Waals surface area (Å²) in [5.41, 5.74) is 4.85. The van der Waals surface area contributed by atoms with Gasteiger partial charge in [0.15, 0.2) is 5.96 Å². The summed E-state index contributed by atoms with van der Waals surface area (Å²) < 4.78 is 2.07. The van der Waals surface area contributed by atoms with Crippen molar-refractivity contribution >= 4 is 29.9 Å². The van der Waals surface area contributed by atoms with Gasteiger partial charge in [0.05, 0.1) is 12.9 Å². The first kappa shape index (κ1) is 22.7. The first-order valence-corrected chi connectivity index (χ1v) is 9.56. The summed E-state index contributed by atoms with van der Waals surface area (Å²) in [5, 5.41) is 6.50. The Hall–Kier alpha value is -2.61. The summed E-state index contributed by atoms with van der Waals surface area (Å²) in [6, 6.07) is 17.1. The molecule has 0 aliphatic heterocycles. The van der Waals surface area contributed by atoms with E-state index >= 15 is 0 Å². The topological polar surface area (TPSA) is 54.2 Å². The van der Waals surface area contributed by atoms with Crippen molar-refractivity contribution in [1.82, 2.24) is 20.2 Å². The van der Waals surface area contributed by atoms with Gasteiger partial charge in [-0.1, -0.05) is 54.6 Å². The lowest BCUT2D eigenvalue weighted by Gasteiger charge is -2.12. The van der Waals surface area contributed by atoms with Crippen molar-refractivity contribution in [2.45, 2.75) is 20.0 Å². The molecule has 6 heteroatoms. The smallest absolute Gasteiger partial charge is 0.191 e. The van der Waals surface area contributed by atoms with E-state index in [2.05, 4.69) is 82.2 Å². The van der Waals surface area contributed by atoms with Crippen LogP contribution in [0.4, 0.5) is 0 Å². The number of imidazole rings is 1. The molecule has 0 saturated carbocycles. The van der Waals surface area contributed by atoms with Crippen molar-refractivity contribution in [2.24, 2.45) is 4.99 Å². The number of aromatic nitrogens is 2. The molecule has 0 bridgehead atoms. The molecule has 1 heterocycles. The number of guanidine groups is 1. The van der Waals surface area contributed by atoms with E-state index in [1.165, 1.54) is 22.3 Å². The monoisotopic (exact) mass is 501 g/mol. The highest BCUT2D eigenvalue weighted by molar-refractivity contribution is 14.0. The van der Waals surface area contributed by atoms with Crippen molar-refractivity contribution < 1.29 is 0 Å². The molecule has 5 nitrogen and oxygen atoms in total. The van der Waals surface area contributed by atoms with Gasteiger partial charge in [-0.15, -0.1) is 30.6 Å². The highest BCUT2D eigenvalue weighted by atomic mass is 127. The highest BCUT2D eigenvalue weighted by Crippen LogP contribution is 2.25. The van der Waals surface area contributed by atoms with E-state index in [0.29, 0.717) is 13.1 Å². The van der Waals surface area contributed by atoms with Gasteiger partial charge in [-0.05, 0) is 29.2 Å². The summed E-state index contributed by atoms with van der Waals surface area (Å²) in [7, 11) is 0. The molecule has 0 amide bonds. The van der Waals surface area contributed by atoms with E-state index in [9.17, 15) is 0 Å². The van der Waals surface area contributed by atoms with Crippen molar-refractivity contribution in [2.75, 3.05) is 13.1 Å². The number of nitrogens with one attached hydrogen (secondary N) is 2. The molecule has 1 aromatic heterocycles. The Morgan fingerprint density at radius 3 is 2.62 bits per heavy atom. The Morgan fingerprint density at radius 1 is 1.14 bits per heavy atom. The van der Waals surface area contributed by atoms with Gasteiger partial charge in [0.1, 0.15) is 0 Å². The minimum absolute atomic E-state index is 0. The second-order valence-corrected chi connectivity index (χ2v) is 6.45. The quantitative estimate of drug-likeness (QED) is 0.208. The van der Waals surface area contributed by atoms with Crippen LogP contribution >= 0.6 is 24.0 Å². The second kappa shape index (κ2) is 12.1. The van der Waals surface area contributed by atoms with Crippen LogP contribution in [-0.4, -0.2) is 28.6 Å². The number of rotatable bonds is 8. The number of halogens is 1. The van der Waals surface area contributed by atoms with Crippen molar-refractivity contribution in [1.29, 1.82) is 0 Å². The number of hydrogen-bond donors (Lipinski definition) is 2. The molecular weight excluding hydrogens is 473 g/mol. The molecule has 0 radical (unpaired) electrons. The van der Waals surface area contributed by atoms with E-state index in [1.807, 2.05) is 18.6 Å². The number of nitrogens with zero attached hydrogens (tertiary/aromatic N) is 3. The third-order valence-electron chi connectivity index (χ3n) is 4.37. The Kier molecular flexibility index (Phi) is 9.43. The van der Waals surface area contributed by atoms with Crippen LogP contribution in [0.1, 0.15) is 18.1 Å². The third-order valence-corrected chi connectivity index (χ3v) is 4.37. The van der Waals surface area contributed by atoms with Crippen molar-refractivity contribution in [3.63, 3.8) is 0 Å². The van der Waals surface area contributed by atoms with E-state index in [-0.39, 0.29) is 24.0 Å². The second-order valence-electron chi connectivity index (χ2n) is 6.45. The Bertz CT molecular complexity index is 901. The summed E-state index contributed by atoms with van der Waals surface area (Å²) in [6.07, 6.45) is 7.44. The summed E-state index contributed by atoms with van der Waals surface area (Å²) in [6.45, 7) is 8.75. The highest BCUT2D eigenvalue weighted by Gasteiger charge is 2.05. The molecule has 29 heavy (non-hydrogen) atoms. The summed E-state index contributed by atoms with van der Waals surface area (Å²) >= 11 is 0. The maximum Gasteiger partial charge on any atom is 0.191 e. The molecule has 0 atom stereocenters. The van der Waals surface area contributed by atoms with Crippen LogP contribution in [0.2, 0.25) is 0 Å². The van der Waals surface area contributed by atoms with E-state index in [4.69, 9.17) is 4.99 Å². The number of hydrogen-bond acceptors (Lipinski definition) is 2. The standard InChI is InChI=1S/C23H27N5.HI/c1-3-13-26-23(25-4-2)27-16-21-7-5-6-8-22(21)20-11-9-19(10-12-20)17-28-15-14-24-18-28;/h3,5-12,14-15,18H,1,4,13,16-17H2,2H3,(H2,25,26,27);1H. The maximum absolute atomic E-state index is 4.71. The molecule has 0 aliphatic carbocycles. The average Bonchev–Trinajstić information content (AvgIpc) is 3.24. The van der Waals surface area contributed by atoms with Gasteiger partial charge in [-0.2, -0.15) is 0 Å². The van der Waals surface area contributed by atoms with Gasteiger partial charge in [-0.25, -0.2) is 9.98 Å². The van der Waals surface area contributed by atoms with Gasteiger partial charge in [0.25, 0.3) is 0 Å². The van der Waals surface area contributed by atoms with E-state index in [0.717, 1.165) is 19.0 Å². The predicted molar refractivity (Wildman–Crippen MR) is 132 cm³/mol. The van der Waals surface area contributed by atoms with Gasteiger partial charge >= 0.3 is 0 Å². The molecule has 152 valence electrons. The van der Waals surface area contributed by atoms with Crippen LogP contribution in [0.15, 0.2) is 84.9 Å². The normalized spacial score (nSPS) is 10.9. The molecule has 0 saturated heterocycles. The summed E-state index contributed by atoms with van der Waals surface area (Å²) in [5.74, 6) is 0.799. The lowest BCUT2D eigenvalue weighted by molar-refractivity contribution is 0.797. The van der Waals surface area contributed by atoms with Crippen LogP contribution < -0.4 is 10.6 Å². The zero-order valence-corrected chi connectivity index (χ0v) is 19.0. The third kappa shape index (κ3) is 6.74. The van der Waals surface area contributed by atoms with Crippen LogP contribution in [0, 0.1) is 0 Å². The molecule has 2 N–H and O–H groups in total. The molecule has 3 aromatic rings. The lowest BCUT2D eigenvalue weighted by atomic mass is 9.98. The maximum atomic E-state index is 4.71. The SMILES string of the molecule is C=CCNC(=NCc1ccccc1-c1ccc(Cn2ccnc2)cc1)NCC.I. The van der Waals surface area contributed by atoms with Gasteiger partial charge < -0.3 is 15.2 Å². The Labute approximate surface area is 190 Å². The molecular formula is C23H28IN5. The van der Waals surface area contributed by atoms with Gasteiger partial charge in [0, 0.05) is 32.0 Å². The predicted octanol–water partition coefficient (Wildman–Crippen LogP) is 4.46. The van der Waals surface area contributed by atoms with Gasteiger partial charge in [-0.3, -0.25) is 0 Å². The molecule has 0 fully saturated rings. The van der Waals surface area contributed by atoms with Crippen molar-refractivity contribution in [3.05, 3.63) is 91.0 Å².